The molecule has 7 nitrogen and oxygen atoms in total. The van der Waals surface area contributed by atoms with E-state index in [-0.39, 0.29) is 18.2 Å². The summed E-state index contributed by atoms with van der Waals surface area (Å²) in [5, 5.41) is 6.78. The first-order valence-electron chi connectivity index (χ1n) is 7.37. The zero-order chi connectivity index (χ0) is 16.9. The number of carbonyl (C=O) groups is 2. The van der Waals surface area contributed by atoms with Gasteiger partial charge in [-0.15, -0.1) is 0 Å². The monoisotopic (exact) mass is 319 g/mol. The van der Waals surface area contributed by atoms with Gasteiger partial charge >= 0.3 is 0 Å². The molecule has 2 amide bonds. The smallest absolute Gasteiger partial charge is 0.245 e. The minimum Gasteiger partial charge on any atom is -0.347 e. The predicted octanol–water partition coefficient (Wildman–Crippen LogP) is 1.64. The van der Waals surface area contributed by atoms with Crippen LogP contribution in [0.25, 0.3) is 0 Å². The Morgan fingerprint density at radius 3 is 2.61 bits per heavy atom. The van der Waals surface area contributed by atoms with Crippen molar-refractivity contribution >= 4 is 23.2 Å². The maximum atomic E-state index is 11.9. The number of nitrogens with one attached hydrogen (secondary N) is 2. The molecule has 1 aromatic rings. The van der Waals surface area contributed by atoms with Crippen LogP contribution in [0.4, 0.5) is 5.69 Å². The number of hydrogen-bond donors (Lipinski definition) is 2. The third-order valence-electron chi connectivity index (χ3n) is 3.33. The molecule has 2 rings (SSSR count). The number of carbonyl (C=O) groups excluding carboxylic acids is 2. The van der Waals surface area contributed by atoms with Crippen LogP contribution in [-0.2, 0) is 19.1 Å². The van der Waals surface area contributed by atoms with E-state index in [2.05, 4.69) is 15.8 Å². The molecule has 1 saturated heterocycles. The van der Waals surface area contributed by atoms with Gasteiger partial charge in [0.2, 0.25) is 11.8 Å². The molecule has 7 heteroatoms. The fourth-order valence-corrected chi connectivity index (χ4v) is 2.23. The number of hydrazone groups is 1. The fraction of sp³-hybridized carbons (Fsp3) is 0.438. The number of hydrogen-bond acceptors (Lipinski definition) is 5. The Bertz CT molecular complexity index is 622. The highest BCUT2D eigenvalue weighted by Crippen LogP contribution is 2.22. The maximum Gasteiger partial charge on any atom is 0.245 e. The van der Waals surface area contributed by atoms with Crippen LogP contribution in [0.15, 0.2) is 29.4 Å². The van der Waals surface area contributed by atoms with Crippen molar-refractivity contribution in [2.45, 2.75) is 33.0 Å². The maximum absolute atomic E-state index is 11.9. The van der Waals surface area contributed by atoms with E-state index < -0.39 is 5.79 Å². The lowest BCUT2D eigenvalue weighted by atomic mass is 10.1. The van der Waals surface area contributed by atoms with Crippen molar-refractivity contribution in [3.8, 4) is 0 Å². The lowest BCUT2D eigenvalue weighted by Crippen LogP contribution is -2.33. The largest absolute Gasteiger partial charge is 0.347 e. The molecule has 0 spiro atoms. The van der Waals surface area contributed by atoms with Gasteiger partial charge in [-0.05, 0) is 31.5 Å². The Morgan fingerprint density at radius 2 is 1.96 bits per heavy atom. The standard InChI is InChI=1S/C16H21N3O4/c1-11(13-5-4-6-14(9-13)17-12(2)20)18-19-15(21)10-16(3)22-7-8-23-16/h4-6,9H,7-8,10H2,1-3H3,(H,17,20)(H,19,21)/b18-11-. The molecule has 1 heterocycles. The van der Waals surface area contributed by atoms with Gasteiger partial charge in [0, 0.05) is 12.6 Å². The van der Waals surface area contributed by atoms with Crippen LogP contribution in [0.5, 0.6) is 0 Å². The number of rotatable bonds is 5. The van der Waals surface area contributed by atoms with E-state index >= 15 is 0 Å². The Balaban J connectivity index is 1.96. The third-order valence-corrected chi connectivity index (χ3v) is 3.33. The van der Waals surface area contributed by atoms with Gasteiger partial charge in [-0.3, -0.25) is 9.59 Å². The highest BCUT2D eigenvalue weighted by molar-refractivity contribution is 6.00. The van der Waals surface area contributed by atoms with Gasteiger partial charge in [0.1, 0.15) is 0 Å². The van der Waals surface area contributed by atoms with Gasteiger partial charge < -0.3 is 14.8 Å². The lowest BCUT2D eigenvalue weighted by molar-refractivity contribution is -0.159. The Morgan fingerprint density at radius 1 is 1.26 bits per heavy atom. The molecule has 0 aliphatic carbocycles. The van der Waals surface area contributed by atoms with Crippen LogP contribution in [0.3, 0.4) is 0 Å². The minimum atomic E-state index is -0.876. The van der Waals surface area contributed by atoms with Crippen LogP contribution < -0.4 is 10.7 Å². The van der Waals surface area contributed by atoms with Crippen LogP contribution in [-0.4, -0.2) is 36.5 Å². The van der Waals surface area contributed by atoms with E-state index in [1.165, 1.54) is 6.92 Å². The summed E-state index contributed by atoms with van der Waals surface area (Å²) in [5.41, 5.74) is 4.60. The van der Waals surface area contributed by atoms with Crippen molar-refractivity contribution in [1.29, 1.82) is 0 Å². The highest BCUT2D eigenvalue weighted by atomic mass is 16.7. The zero-order valence-corrected chi connectivity index (χ0v) is 13.5. The van der Waals surface area contributed by atoms with E-state index in [1.54, 1.807) is 26.0 Å². The van der Waals surface area contributed by atoms with Gasteiger partial charge in [0.05, 0.1) is 25.3 Å². The zero-order valence-electron chi connectivity index (χ0n) is 13.5. The summed E-state index contributed by atoms with van der Waals surface area (Å²) in [6, 6.07) is 7.23. The van der Waals surface area contributed by atoms with E-state index in [9.17, 15) is 9.59 Å². The molecule has 124 valence electrons. The van der Waals surface area contributed by atoms with Gasteiger partial charge in [-0.25, -0.2) is 5.43 Å². The second-order valence-electron chi connectivity index (χ2n) is 5.50. The topological polar surface area (TPSA) is 89.0 Å². The van der Waals surface area contributed by atoms with Gasteiger partial charge in [0.25, 0.3) is 0 Å². The average molecular weight is 319 g/mol. The molecule has 1 aromatic carbocycles. The molecule has 1 aliphatic rings. The summed E-state index contributed by atoms with van der Waals surface area (Å²) in [6.07, 6.45) is 0.0791. The summed E-state index contributed by atoms with van der Waals surface area (Å²) < 4.78 is 10.8. The van der Waals surface area contributed by atoms with Crippen LogP contribution in [0, 0.1) is 0 Å². The van der Waals surface area contributed by atoms with Gasteiger partial charge in [-0.2, -0.15) is 5.10 Å². The van der Waals surface area contributed by atoms with E-state index in [0.29, 0.717) is 24.6 Å². The third kappa shape index (κ3) is 5.15. The average Bonchev–Trinajstić information content (AvgIpc) is 2.90. The molecule has 0 bridgehead atoms. The van der Waals surface area contributed by atoms with E-state index in [4.69, 9.17) is 9.47 Å². The first-order chi connectivity index (χ1) is 10.9. The van der Waals surface area contributed by atoms with Crippen LogP contribution >= 0.6 is 0 Å². The second kappa shape index (κ2) is 7.34. The second-order valence-corrected chi connectivity index (χ2v) is 5.50. The van der Waals surface area contributed by atoms with Crippen molar-refractivity contribution in [2.24, 2.45) is 5.10 Å². The normalized spacial score (nSPS) is 16.9. The molecular weight excluding hydrogens is 298 g/mol. The number of amides is 2. The molecule has 0 aromatic heterocycles. The molecule has 1 aliphatic heterocycles. The van der Waals surface area contributed by atoms with Gasteiger partial charge in [0.15, 0.2) is 5.79 Å². The number of nitrogens with zero attached hydrogens (tertiary/aromatic N) is 1. The van der Waals surface area contributed by atoms with E-state index in [0.717, 1.165) is 5.56 Å². The molecule has 23 heavy (non-hydrogen) atoms. The first-order valence-corrected chi connectivity index (χ1v) is 7.37. The summed E-state index contributed by atoms with van der Waals surface area (Å²) in [4.78, 5) is 23.0. The number of benzene rings is 1. The SMILES string of the molecule is CC(=O)Nc1cccc(/C(C)=N\NC(=O)CC2(C)OCCO2)c1. The van der Waals surface area contributed by atoms with E-state index in [1.807, 2.05) is 12.1 Å². The molecule has 0 radical (unpaired) electrons. The van der Waals surface area contributed by atoms with Crippen LogP contribution in [0.1, 0.15) is 32.8 Å². The summed E-state index contributed by atoms with van der Waals surface area (Å²) in [5.74, 6) is -1.31. The number of ether oxygens (including phenoxy) is 2. The summed E-state index contributed by atoms with van der Waals surface area (Å²) in [7, 11) is 0. The quantitative estimate of drug-likeness (QED) is 0.638. The van der Waals surface area contributed by atoms with Crippen molar-refractivity contribution in [3.63, 3.8) is 0 Å². The Kier molecular flexibility index (Phi) is 5.46. The number of anilines is 1. The summed E-state index contributed by atoms with van der Waals surface area (Å²) in [6.45, 7) is 5.93. The van der Waals surface area contributed by atoms with Crippen LogP contribution in [0.2, 0.25) is 0 Å². The molecule has 2 N–H and O–H groups in total. The molecule has 0 unspecified atom stereocenters. The molecule has 0 saturated carbocycles. The van der Waals surface area contributed by atoms with Gasteiger partial charge in [-0.1, -0.05) is 12.1 Å². The predicted molar refractivity (Wildman–Crippen MR) is 86.0 cm³/mol. The minimum absolute atomic E-state index is 0.0791. The van der Waals surface area contributed by atoms with Crippen molar-refractivity contribution in [3.05, 3.63) is 29.8 Å². The molecular formula is C16H21N3O4. The van der Waals surface area contributed by atoms with Crippen molar-refractivity contribution < 1.29 is 19.1 Å². The highest BCUT2D eigenvalue weighted by Gasteiger charge is 2.33. The summed E-state index contributed by atoms with van der Waals surface area (Å²) >= 11 is 0. The molecule has 0 atom stereocenters. The van der Waals surface area contributed by atoms with Crippen molar-refractivity contribution in [2.75, 3.05) is 18.5 Å². The Labute approximate surface area is 135 Å². The Hall–Kier alpha value is -2.25. The molecule has 1 fully saturated rings. The van der Waals surface area contributed by atoms with Crippen molar-refractivity contribution in [1.82, 2.24) is 5.43 Å². The first kappa shape index (κ1) is 17.1. The fourth-order valence-electron chi connectivity index (χ4n) is 2.23. The lowest BCUT2D eigenvalue weighted by Gasteiger charge is -2.20.